The van der Waals surface area contributed by atoms with Crippen LogP contribution in [0.2, 0.25) is 5.02 Å². The number of benzene rings is 1. The molecule has 0 atom stereocenters. The van der Waals surface area contributed by atoms with E-state index in [4.69, 9.17) is 16.0 Å². The first-order valence-corrected chi connectivity index (χ1v) is 11.4. The van der Waals surface area contributed by atoms with Gasteiger partial charge in [-0.3, -0.25) is 4.79 Å². The van der Waals surface area contributed by atoms with Crippen molar-refractivity contribution in [1.82, 2.24) is 10.2 Å². The Morgan fingerprint density at radius 1 is 1.21 bits per heavy atom. The van der Waals surface area contributed by atoms with E-state index in [0.717, 1.165) is 34.9 Å². The smallest absolute Gasteiger partial charge is 0.277 e. The van der Waals surface area contributed by atoms with Crippen LogP contribution in [0.1, 0.15) is 50.0 Å². The number of amides is 1. The number of nitrogens with zero attached hydrogens (tertiary/aromatic N) is 2. The number of hydrogen-bond acceptors (Lipinski definition) is 5. The summed E-state index contributed by atoms with van der Waals surface area (Å²) in [5.41, 5.74) is 1.70. The minimum Gasteiger partial charge on any atom is -0.415 e. The summed E-state index contributed by atoms with van der Waals surface area (Å²) in [4.78, 5) is 12.3. The molecule has 1 N–H and O–H groups in total. The van der Waals surface area contributed by atoms with Crippen molar-refractivity contribution in [3.63, 3.8) is 0 Å². The third-order valence-corrected chi connectivity index (χ3v) is 7.99. The average Bonchev–Trinajstić information content (AvgIpc) is 3.13. The van der Waals surface area contributed by atoms with E-state index in [1.54, 1.807) is 0 Å². The molecule has 7 heteroatoms. The predicted octanol–water partition coefficient (Wildman–Crippen LogP) is 5.23. The topological polar surface area (TPSA) is 68.0 Å². The van der Waals surface area contributed by atoms with E-state index in [-0.39, 0.29) is 17.1 Å². The highest BCUT2D eigenvalue weighted by Gasteiger charge is 2.54. The summed E-state index contributed by atoms with van der Waals surface area (Å²) in [6.45, 7) is 1.89. The van der Waals surface area contributed by atoms with Gasteiger partial charge in [0.15, 0.2) is 0 Å². The largest absolute Gasteiger partial charge is 0.415 e. The number of anilines is 1. The number of thioether (sulfide) groups is 1. The fourth-order valence-corrected chi connectivity index (χ4v) is 6.65. The number of hydrogen-bond donors (Lipinski definition) is 1. The molecule has 28 heavy (non-hydrogen) atoms. The Labute approximate surface area is 174 Å². The summed E-state index contributed by atoms with van der Waals surface area (Å²) in [6, 6.07) is 5.49. The number of aromatic nitrogens is 2. The van der Waals surface area contributed by atoms with Gasteiger partial charge in [-0.05, 0) is 80.9 Å². The molecular formula is C21H24ClN3O2S. The summed E-state index contributed by atoms with van der Waals surface area (Å²) in [7, 11) is 0. The van der Waals surface area contributed by atoms with E-state index >= 15 is 0 Å². The van der Waals surface area contributed by atoms with Gasteiger partial charge in [0.25, 0.3) is 5.22 Å². The Balaban J connectivity index is 1.23. The monoisotopic (exact) mass is 417 g/mol. The second-order valence-corrected chi connectivity index (χ2v) is 10.2. The zero-order valence-electron chi connectivity index (χ0n) is 15.9. The molecule has 0 unspecified atom stereocenters. The molecule has 4 saturated carbocycles. The van der Waals surface area contributed by atoms with Crippen LogP contribution < -0.4 is 5.32 Å². The number of nitrogens with one attached hydrogen (secondary N) is 1. The van der Waals surface area contributed by atoms with Crippen molar-refractivity contribution < 1.29 is 9.21 Å². The van der Waals surface area contributed by atoms with Crippen molar-refractivity contribution in [1.29, 1.82) is 0 Å². The summed E-state index contributed by atoms with van der Waals surface area (Å²) < 4.78 is 6.05. The minimum absolute atomic E-state index is 0.0979. The molecule has 4 fully saturated rings. The molecule has 1 aromatic heterocycles. The van der Waals surface area contributed by atoms with Crippen LogP contribution in [0, 0.1) is 24.7 Å². The summed E-state index contributed by atoms with van der Waals surface area (Å²) >= 11 is 7.41. The third kappa shape index (κ3) is 3.35. The molecule has 0 spiro atoms. The van der Waals surface area contributed by atoms with Crippen molar-refractivity contribution in [2.75, 3.05) is 11.1 Å². The average molecular weight is 418 g/mol. The predicted molar refractivity (Wildman–Crippen MR) is 110 cm³/mol. The highest BCUT2D eigenvalue weighted by Crippen LogP contribution is 2.60. The molecule has 4 bridgehead atoms. The Kier molecular flexibility index (Phi) is 4.67. The first-order chi connectivity index (χ1) is 13.5. The van der Waals surface area contributed by atoms with E-state index in [2.05, 4.69) is 15.5 Å². The van der Waals surface area contributed by atoms with E-state index in [0.29, 0.717) is 10.2 Å². The lowest BCUT2D eigenvalue weighted by Gasteiger charge is -2.55. The van der Waals surface area contributed by atoms with Gasteiger partial charge in [-0.25, -0.2) is 0 Å². The van der Waals surface area contributed by atoms with Crippen LogP contribution in [-0.4, -0.2) is 21.9 Å². The maximum absolute atomic E-state index is 12.3. The fourth-order valence-electron chi connectivity index (χ4n) is 5.91. The standard InChI is InChI=1S/C21H24ClN3O2S/c1-12-16(22)3-2-4-17(12)23-18(26)11-28-20-25-24-19(27-20)21-8-13-5-14(9-21)7-15(6-13)10-21/h2-4,13-15H,5-11H2,1H3,(H,23,26). The number of carbonyl (C=O) groups is 1. The lowest BCUT2D eigenvalue weighted by molar-refractivity contribution is -0.113. The van der Waals surface area contributed by atoms with Crippen LogP contribution in [0.4, 0.5) is 5.69 Å². The Morgan fingerprint density at radius 2 is 1.89 bits per heavy atom. The molecule has 5 nitrogen and oxygen atoms in total. The van der Waals surface area contributed by atoms with Gasteiger partial charge in [0.2, 0.25) is 11.8 Å². The molecule has 0 aliphatic heterocycles. The van der Waals surface area contributed by atoms with Crippen LogP contribution in [0.5, 0.6) is 0 Å². The minimum atomic E-state index is -0.107. The molecule has 0 radical (unpaired) electrons. The SMILES string of the molecule is Cc1c(Cl)cccc1NC(=O)CSc1nnc(C23CC4CC(CC(C4)C2)C3)o1. The molecule has 0 saturated heterocycles. The van der Waals surface area contributed by atoms with E-state index in [1.807, 2.05) is 25.1 Å². The van der Waals surface area contributed by atoms with Gasteiger partial charge in [-0.2, -0.15) is 0 Å². The van der Waals surface area contributed by atoms with Crippen molar-refractivity contribution in [3.05, 3.63) is 34.7 Å². The lowest BCUT2D eigenvalue weighted by Crippen LogP contribution is -2.48. The van der Waals surface area contributed by atoms with Crippen molar-refractivity contribution in [2.24, 2.45) is 17.8 Å². The third-order valence-electron chi connectivity index (χ3n) is 6.77. The number of carbonyl (C=O) groups excluding carboxylic acids is 1. The van der Waals surface area contributed by atoms with Gasteiger partial charge in [-0.1, -0.05) is 29.4 Å². The van der Waals surface area contributed by atoms with Gasteiger partial charge < -0.3 is 9.73 Å². The van der Waals surface area contributed by atoms with E-state index in [1.165, 1.54) is 50.3 Å². The quantitative estimate of drug-likeness (QED) is 0.674. The van der Waals surface area contributed by atoms with Crippen molar-refractivity contribution in [3.8, 4) is 0 Å². The second kappa shape index (κ2) is 7.06. The van der Waals surface area contributed by atoms with E-state index < -0.39 is 0 Å². The normalized spacial score (nSPS) is 30.6. The van der Waals surface area contributed by atoms with Crippen molar-refractivity contribution >= 4 is 35.0 Å². The molecule has 148 valence electrons. The molecule has 6 rings (SSSR count). The zero-order chi connectivity index (χ0) is 19.3. The fraction of sp³-hybridized carbons (Fsp3) is 0.571. The molecule has 1 amide bonds. The summed E-state index contributed by atoms with van der Waals surface area (Å²) in [5, 5.41) is 12.7. The van der Waals surface area contributed by atoms with Crippen LogP contribution in [0.3, 0.4) is 0 Å². The number of halogens is 1. The highest BCUT2D eigenvalue weighted by molar-refractivity contribution is 7.99. The molecule has 4 aliphatic rings. The van der Waals surface area contributed by atoms with Crippen molar-refractivity contribution in [2.45, 2.75) is 56.1 Å². The van der Waals surface area contributed by atoms with Crippen LogP contribution in [0.25, 0.3) is 0 Å². The van der Waals surface area contributed by atoms with Crippen LogP contribution >= 0.6 is 23.4 Å². The maximum atomic E-state index is 12.3. The van der Waals surface area contributed by atoms with Gasteiger partial charge in [0.1, 0.15) is 0 Å². The maximum Gasteiger partial charge on any atom is 0.277 e. The molecular weight excluding hydrogens is 394 g/mol. The van der Waals surface area contributed by atoms with Crippen LogP contribution in [0.15, 0.2) is 27.8 Å². The van der Waals surface area contributed by atoms with Gasteiger partial charge in [0.05, 0.1) is 5.75 Å². The first kappa shape index (κ1) is 18.5. The van der Waals surface area contributed by atoms with Gasteiger partial charge in [0, 0.05) is 16.1 Å². The Morgan fingerprint density at radius 3 is 2.57 bits per heavy atom. The molecule has 1 aromatic carbocycles. The zero-order valence-corrected chi connectivity index (χ0v) is 17.5. The molecule has 4 aliphatic carbocycles. The Bertz CT molecular complexity index is 878. The first-order valence-electron chi connectivity index (χ1n) is 10.0. The number of rotatable bonds is 5. The highest BCUT2D eigenvalue weighted by atomic mass is 35.5. The summed E-state index contributed by atoms with van der Waals surface area (Å²) in [5.74, 6) is 3.43. The lowest BCUT2D eigenvalue weighted by atomic mass is 9.49. The van der Waals surface area contributed by atoms with E-state index in [9.17, 15) is 4.79 Å². The Hall–Kier alpha value is -1.53. The van der Waals surface area contributed by atoms with Gasteiger partial charge >= 0.3 is 0 Å². The molecule has 2 aromatic rings. The second-order valence-electron chi connectivity index (χ2n) is 8.82. The van der Waals surface area contributed by atoms with Gasteiger partial charge in [-0.15, -0.1) is 10.2 Å². The van der Waals surface area contributed by atoms with Crippen LogP contribution in [-0.2, 0) is 10.2 Å². The summed E-state index contributed by atoms with van der Waals surface area (Å²) in [6.07, 6.45) is 7.74. The molecule has 1 heterocycles.